The van der Waals surface area contributed by atoms with E-state index in [9.17, 15) is 17.6 Å². The lowest BCUT2D eigenvalue weighted by Crippen LogP contribution is -2.06. The van der Waals surface area contributed by atoms with Crippen molar-refractivity contribution in [2.45, 2.75) is 64.0 Å². The molecule has 20 heavy (non-hydrogen) atoms. The molecule has 1 aromatic rings. The van der Waals surface area contributed by atoms with Crippen molar-refractivity contribution in [1.82, 2.24) is 0 Å². The fourth-order valence-electron chi connectivity index (χ4n) is 2.23. The summed E-state index contributed by atoms with van der Waals surface area (Å²) in [5.74, 6) is -0.153. The van der Waals surface area contributed by atoms with Gasteiger partial charge in [0.2, 0.25) is 0 Å². The van der Waals surface area contributed by atoms with Crippen LogP contribution in [-0.4, -0.2) is 6.18 Å². The molecule has 0 saturated carbocycles. The number of unbranched alkanes of at least 4 members (excludes halogenated alkanes) is 6. The van der Waals surface area contributed by atoms with Crippen molar-refractivity contribution in [3.63, 3.8) is 0 Å². The lowest BCUT2D eigenvalue weighted by molar-refractivity contribution is -0.135. The smallest absolute Gasteiger partial charge is 0.207 e. The molecule has 1 aromatic carbocycles. The molecule has 0 amide bonds. The van der Waals surface area contributed by atoms with Crippen LogP contribution in [0.15, 0.2) is 24.3 Å². The van der Waals surface area contributed by atoms with Gasteiger partial charge in [-0.05, 0) is 30.9 Å². The average Bonchev–Trinajstić information content (AvgIpc) is 2.37. The van der Waals surface area contributed by atoms with E-state index in [0.717, 1.165) is 44.1 Å². The van der Waals surface area contributed by atoms with Crippen LogP contribution in [-0.2, 0) is 6.42 Å². The molecule has 0 aliphatic rings. The molecule has 0 bridgehead atoms. The molecule has 1 rings (SSSR count). The van der Waals surface area contributed by atoms with Gasteiger partial charge in [0.25, 0.3) is 0 Å². The Morgan fingerprint density at radius 1 is 0.750 bits per heavy atom. The van der Waals surface area contributed by atoms with Gasteiger partial charge in [-0.1, -0.05) is 50.3 Å². The van der Waals surface area contributed by atoms with E-state index in [1.807, 2.05) is 6.07 Å². The maximum Gasteiger partial charge on any atom is 0.389 e. The number of alkyl halides is 3. The second-order valence-corrected chi connectivity index (χ2v) is 5.18. The lowest BCUT2D eigenvalue weighted by atomic mass is 10.0. The van der Waals surface area contributed by atoms with Crippen LogP contribution >= 0.6 is 0 Å². The molecule has 0 N–H and O–H groups in total. The Balaban J connectivity index is 1.94. The first-order valence-electron chi connectivity index (χ1n) is 7.29. The molecular formula is C16H22F4. The highest BCUT2D eigenvalue weighted by molar-refractivity contribution is 5.17. The summed E-state index contributed by atoms with van der Waals surface area (Å²) in [4.78, 5) is 0. The Morgan fingerprint density at radius 3 is 1.90 bits per heavy atom. The van der Waals surface area contributed by atoms with Crippen molar-refractivity contribution in [2.24, 2.45) is 0 Å². The molecule has 4 heteroatoms. The molecule has 0 radical (unpaired) electrons. The minimum absolute atomic E-state index is 0.153. The van der Waals surface area contributed by atoms with Gasteiger partial charge in [-0.3, -0.25) is 0 Å². The third-order valence-electron chi connectivity index (χ3n) is 3.36. The van der Waals surface area contributed by atoms with Gasteiger partial charge in [0.15, 0.2) is 0 Å². The fraction of sp³-hybridized carbons (Fsp3) is 0.625. The summed E-state index contributed by atoms with van der Waals surface area (Å²) >= 11 is 0. The van der Waals surface area contributed by atoms with Crippen molar-refractivity contribution in [1.29, 1.82) is 0 Å². The molecule has 0 saturated heterocycles. The summed E-state index contributed by atoms with van der Waals surface area (Å²) in [5.41, 5.74) is 0.748. The molecule has 0 unspecified atom stereocenters. The van der Waals surface area contributed by atoms with E-state index in [4.69, 9.17) is 0 Å². The Labute approximate surface area is 118 Å². The third kappa shape index (κ3) is 8.18. The molecule has 0 atom stereocenters. The van der Waals surface area contributed by atoms with Crippen molar-refractivity contribution < 1.29 is 17.6 Å². The van der Waals surface area contributed by atoms with Crippen LogP contribution in [0.4, 0.5) is 17.6 Å². The zero-order valence-corrected chi connectivity index (χ0v) is 11.7. The van der Waals surface area contributed by atoms with Crippen molar-refractivity contribution in [3.8, 4) is 0 Å². The second kappa shape index (κ2) is 8.98. The summed E-state index contributed by atoms with van der Waals surface area (Å²) < 4.78 is 49.0. The Kier molecular flexibility index (Phi) is 7.63. The third-order valence-corrected chi connectivity index (χ3v) is 3.36. The number of benzene rings is 1. The van der Waals surface area contributed by atoms with E-state index in [0.29, 0.717) is 6.42 Å². The van der Waals surface area contributed by atoms with E-state index in [2.05, 4.69) is 0 Å². The number of hydrogen-bond acceptors (Lipinski definition) is 0. The van der Waals surface area contributed by atoms with E-state index in [1.165, 1.54) is 6.07 Å². The fourth-order valence-corrected chi connectivity index (χ4v) is 2.23. The first-order chi connectivity index (χ1) is 9.49. The highest BCUT2D eigenvalue weighted by Crippen LogP contribution is 2.23. The van der Waals surface area contributed by atoms with Gasteiger partial charge < -0.3 is 0 Å². The van der Waals surface area contributed by atoms with Gasteiger partial charge in [-0.25, -0.2) is 4.39 Å². The van der Waals surface area contributed by atoms with Crippen molar-refractivity contribution in [3.05, 3.63) is 35.6 Å². The van der Waals surface area contributed by atoms with Crippen LogP contribution in [0.1, 0.15) is 56.9 Å². The average molecular weight is 290 g/mol. The predicted molar refractivity (Wildman–Crippen MR) is 73.1 cm³/mol. The molecule has 0 aliphatic heterocycles. The normalized spacial score (nSPS) is 11.8. The molecule has 0 heterocycles. The summed E-state index contributed by atoms with van der Waals surface area (Å²) in [5, 5.41) is 0. The highest BCUT2D eigenvalue weighted by atomic mass is 19.4. The van der Waals surface area contributed by atoms with Crippen molar-refractivity contribution >= 4 is 0 Å². The zero-order chi connectivity index (χ0) is 14.8. The number of rotatable bonds is 9. The van der Waals surface area contributed by atoms with E-state index >= 15 is 0 Å². The highest BCUT2D eigenvalue weighted by Gasteiger charge is 2.25. The van der Waals surface area contributed by atoms with Gasteiger partial charge >= 0.3 is 6.18 Å². The van der Waals surface area contributed by atoms with Crippen molar-refractivity contribution in [2.75, 3.05) is 0 Å². The minimum atomic E-state index is -4.01. The summed E-state index contributed by atoms with van der Waals surface area (Å²) in [6, 6.07) is 6.78. The van der Waals surface area contributed by atoms with Gasteiger partial charge in [-0.2, -0.15) is 13.2 Å². The molecular weight excluding hydrogens is 268 g/mol. The Bertz CT molecular complexity index is 371. The first-order valence-corrected chi connectivity index (χ1v) is 7.29. The number of hydrogen-bond donors (Lipinski definition) is 0. The summed E-state index contributed by atoms with van der Waals surface area (Å²) in [6.45, 7) is 0. The molecule has 114 valence electrons. The lowest BCUT2D eigenvalue weighted by Gasteiger charge is -2.06. The maximum atomic E-state index is 13.3. The number of halogens is 4. The maximum absolute atomic E-state index is 13.3. The number of aryl methyl sites for hydroxylation is 1. The summed E-state index contributed by atoms with van der Waals surface area (Å²) in [7, 11) is 0. The molecule has 0 aliphatic carbocycles. The van der Waals surface area contributed by atoms with Crippen LogP contribution in [0.25, 0.3) is 0 Å². The van der Waals surface area contributed by atoms with Gasteiger partial charge in [-0.15, -0.1) is 0 Å². The second-order valence-electron chi connectivity index (χ2n) is 5.18. The molecule has 0 fully saturated rings. The van der Waals surface area contributed by atoms with Crippen LogP contribution in [0.5, 0.6) is 0 Å². The minimum Gasteiger partial charge on any atom is -0.207 e. The van der Waals surface area contributed by atoms with Gasteiger partial charge in [0, 0.05) is 6.42 Å². The quantitative estimate of drug-likeness (QED) is 0.383. The topological polar surface area (TPSA) is 0 Å². The van der Waals surface area contributed by atoms with Crippen LogP contribution in [0, 0.1) is 5.82 Å². The predicted octanol–water partition coefficient (Wildman–Crippen LogP) is 6.05. The SMILES string of the molecule is Fc1ccccc1CCCCCCCCCC(F)(F)F. The van der Waals surface area contributed by atoms with E-state index < -0.39 is 12.6 Å². The molecule has 0 nitrogen and oxygen atoms in total. The van der Waals surface area contributed by atoms with Crippen LogP contribution in [0.3, 0.4) is 0 Å². The zero-order valence-electron chi connectivity index (χ0n) is 11.7. The molecule has 0 aromatic heterocycles. The van der Waals surface area contributed by atoms with Gasteiger partial charge in [0.05, 0.1) is 0 Å². The first kappa shape index (κ1) is 17.0. The van der Waals surface area contributed by atoms with Crippen LogP contribution < -0.4 is 0 Å². The van der Waals surface area contributed by atoms with E-state index in [-0.39, 0.29) is 12.2 Å². The van der Waals surface area contributed by atoms with Gasteiger partial charge in [0.1, 0.15) is 5.82 Å². The Morgan fingerprint density at radius 2 is 1.30 bits per heavy atom. The Hall–Kier alpha value is -1.06. The standard InChI is InChI=1S/C16H22F4/c17-15-12-8-7-11-14(15)10-6-4-2-1-3-5-9-13-16(18,19)20/h7-8,11-12H,1-6,9-10,13H2. The summed E-state index contributed by atoms with van der Waals surface area (Å²) in [6.07, 6.45) is 1.72. The van der Waals surface area contributed by atoms with E-state index in [1.54, 1.807) is 12.1 Å². The monoisotopic (exact) mass is 290 g/mol. The largest absolute Gasteiger partial charge is 0.389 e. The van der Waals surface area contributed by atoms with Crippen LogP contribution in [0.2, 0.25) is 0 Å². The molecule has 0 spiro atoms.